The lowest BCUT2D eigenvalue weighted by Gasteiger charge is -2.18. The Kier molecular flexibility index (Phi) is 2.54. The molecule has 0 spiro atoms. The zero-order chi connectivity index (χ0) is 12.6. The minimum atomic E-state index is -0.735. The maximum absolute atomic E-state index is 11.7. The van der Waals surface area contributed by atoms with E-state index >= 15 is 0 Å². The van der Waals surface area contributed by atoms with Gasteiger partial charge in [-0.25, -0.2) is 4.98 Å². The summed E-state index contributed by atoms with van der Waals surface area (Å²) in [4.78, 5) is 37.5. The Morgan fingerprint density at radius 1 is 1.53 bits per heavy atom. The molecule has 0 bridgehead atoms. The van der Waals surface area contributed by atoms with Gasteiger partial charge in [-0.15, -0.1) is 0 Å². The maximum atomic E-state index is 11.7. The predicted molar refractivity (Wildman–Crippen MR) is 54.9 cm³/mol. The number of fused-ring (bicyclic) bond motifs is 1. The third kappa shape index (κ3) is 1.96. The topological polar surface area (TPSA) is 127 Å². The van der Waals surface area contributed by atoms with Crippen LogP contribution in [0.4, 0.5) is 0 Å². The van der Waals surface area contributed by atoms with Crippen molar-refractivity contribution in [2.24, 2.45) is 5.73 Å². The van der Waals surface area contributed by atoms with E-state index in [9.17, 15) is 19.5 Å². The van der Waals surface area contributed by atoms with Gasteiger partial charge in [0.2, 0.25) is 17.6 Å². The van der Waals surface area contributed by atoms with Crippen molar-refractivity contribution < 1.29 is 14.7 Å². The number of carbonyl (C=O) groups is 2. The molecule has 8 heteroatoms. The minimum absolute atomic E-state index is 0.0649. The van der Waals surface area contributed by atoms with Crippen molar-refractivity contribution in [1.82, 2.24) is 14.9 Å². The summed E-state index contributed by atoms with van der Waals surface area (Å²) in [6.45, 7) is -0.105. The third-order valence-corrected chi connectivity index (χ3v) is 2.38. The van der Waals surface area contributed by atoms with Crippen molar-refractivity contribution in [3.8, 4) is 5.75 Å². The smallest absolute Gasteiger partial charge is 0.296 e. The second-order valence-electron chi connectivity index (χ2n) is 3.63. The molecule has 1 aliphatic rings. The van der Waals surface area contributed by atoms with Gasteiger partial charge in [-0.2, -0.15) is 0 Å². The van der Waals surface area contributed by atoms with E-state index < -0.39 is 17.2 Å². The van der Waals surface area contributed by atoms with Gasteiger partial charge in [0, 0.05) is 0 Å². The van der Waals surface area contributed by atoms with E-state index in [2.05, 4.69) is 10.3 Å². The molecule has 1 aromatic heterocycles. The summed E-state index contributed by atoms with van der Waals surface area (Å²) in [6.07, 6.45) is -0.317. The summed E-state index contributed by atoms with van der Waals surface area (Å²) in [5.41, 5.74) is 4.17. The van der Waals surface area contributed by atoms with Crippen molar-refractivity contribution in [2.75, 3.05) is 0 Å². The minimum Gasteiger partial charge on any atom is -0.502 e. The highest BCUT2D eigenvalue weighted by Crippen LogP contribution is 2.11. The zero-order valence-corrected chi connectivity index (χ0v) is 8.77. The van der Waals surface area contributed by atoms with Gasteiger partial charge >= 0.3 is 0 Å². The number of nitrogens with one attached hydrogen (secondary N) is 1. The fourth-order valence-corrected chi connectivity index (χ4v) is 1.60. The second kappa shape index (κ2) is 3.89. The molecule has 8 nitrogen and oxygen atoms in total. The highest BCUT2D eigenvalue weighted by Gasteiger charge is 2.22. The normalized spacial score (nSPS) is 14.0. The Morgan fingerprint density at radius 2 is 2.24 bits per heavy atom. The summed E-state index contributed by atoms with van der Waals surface area (Å²) < 4.78 is 1.07. The lowest BCUT2D eigenvalue weighted by Crippen LogP contribution is -2.41. The summed E-state index contributed by atoms with van der Waals surface area (Å²) in [5, 5.41) is 12.1. The Hall–Kier alpha value is -2.38. The third-order valence-electron chi connectivity index (χ3n) is 2.38. The molecule has 17 heavy (non-hydrogen) atoms. The monoisotopic (exact) mass is 238 g/mol. The van der Waals surface area contributed by atoms with Crippen LogP contribution in [0.25, 0.3) is 0 Å². The van der Waals surface area contributed by atoms with Gasteiger partial charge in [-0.3, -0.25) is 19.0 Å². The van der Waals surface area contributed by atoms with Crippen molar-refractivity contribution in [3.63, 3.8) is 0 Å². The Morgan fingerprint density at radius 3 is 2.88 bits per heavy atom. The van der Waals surface area contributed by atoms with Gasteiger partial charge in [0.25, 0.3) is 5.56 Å². The van der Waals surface area contributed by atoms with E-state index in [1.807, 2.05) is 0 Å². The molecular weight excluding hydrogens is 228 g/mol. The van der Waals surface area contributed by atoms with Gasteiger partial charge in [-0.1, -0.05) is 0 Å². The molecule has 2 heterocycles. The standard InChI is InChI=1S/C9H10N4O4/c10-5(14)1-4-8(16)9(17)13-3-7(15)11-2-6(13)12-4/h16H,1-3H2,(H2,10,14)(H,11,15). The highest BCUT2D eigenvalue weighted by atomic mass is 16.3. The molecule has 1 aliphatic heterocycles. The van der Waals surface area contributed by atoms with Crippen LogP contribution in [0.3, 0.4) is 0 Å². The maximum Gasteiger partial charge on any atom is 0.296 e. The predicted octanol–water partition coefficient (Wildman–Crippen LogP) is -2.39. The number of aromatic hydroxyl groups is 1. The van der Waals surface area contributed by atoms with Crippen LogP contribution < -0.4 is 16.6 Å². The first-order chi connectivity index (χ1) is 7.99. The van der Waals surface area contributed by atoms with Gasteiger partial charge in [0.15, 0.2) is 0 Å². The molecule has 0 saturated heterocycles. The molecule has 0 aromatic carbocycles. The molecule has 4 N–H and O–H groups in total. The number of amides is 2. The van der Waals surface area contributed by atoms with Crippen molar-refractivity contribution in [2.45, 2.75) is 19.5 Å². The molecule has 2 rings (SSSR count). The molecule has 0 aliphatic carbocycles. The molecule has 0 fully saturated rings. The van der Waals surface area contributed by atoms with Crippen LogP contribution in [-0.4, -0.2) is 26.5 Å². The average Bonchev–Trinajstić information content (AvgIpc) is 2.26. The number of hydrogen-bond donors (Lipinski definition) is 3. The van der Waals surface area contributed by atoms with Gasteiger partial charge in [-0.05, 0) is 0 Å². The van der Waals surface area contributed by atoms with Crippen LogP contribution in [0.5, 0.6) is 5.75 Å². The van der Waals surface area contributed by atoms with E-state index in [1.165, 1.54) is 0 Å². The molecule has 0 unspecified atom stereocenters. The first kappa shape index (κ1) is 11.1. The van der Waals surface area contributed by atoms with E-state index in [1.54, 1.807) is 0 Å². The molecule has 2 amide bonds. The van der Waals surface area contributed by atoms with Crippen LogP contribution in [-0.2, 0) is 29.1 Å². The van der Waals surface area contributed by atoms with E-state index in [-0.39, 0.29) is 31.1 Å². The molecule has 1 aromatic rings. The number of rotatable bonds is 2. The molecule has 0 atom stereocenters. The number of aromatic nitrogens is 2. The lowest BCUT2D eigenvalue weighted by atomic mass is 10.2. The largest absolute Gasteiger partial charge is 0.502 e. The first-order valence-electron chi connectivity index (χ1n) is 4.85. The SMILES string of the molecule is NC(=O)Cc1nc2n(c(=O)c1O)CC(=O)NC2. The zero-order valence-electron chi connectivity index (χ0n) is 8.77. The van der Waals surface area contributed by atoms with Crippen molar-refractivity contribution in [3.05, 3.63) is 21.9 Å². The molecular formula is C9H10N4O4. The van der Waals surface area contributed by atoms with E-state index in [0.717, 1.165) is 4.57 Å². The summed E-state index contributed by atoms with van der Waals surface area (Å²) in [7, 11) is 0. The number of hydrogen-bond acceptors (Lipinski definition) is 5. The Balaban J connectivity index is 2.54. The second-order valence-corrected chi connectivity index (χ2v) is 3.63. The number of nitrogens with two attached hydrogens (primary N) is 1. The summed E-state index contributed by atoms with van der Waals surface area (Å²) in [6, 6.07) is 0. The fourth-order valence-electron chi connectivity index (χ4n) is 1.60. The van der Waals surface area contributed by atoms with Crippen molar-refractivity contribution in [1.29, 1.82) is 0 Å². The molecule has 0 radical (unpaired) electrons. The lowest BCUT2D eigenvalue weighted by molar-refractivity contribution is -0.123. The van der Waals surface area contributed by atoms with Crippen LogP contribution in [0, 0.1) is 0 Å². The molecule has 90 valence electrons. The Bertz CT molecular complexity index is 563. The summed E-state index contributed by atoms with van der Waals surface area (Å²) in [5.74, 6) is -1.37. The first-order valence-corrected chi connectivity index (χ1v) is 4.85. The Labute approximate surface area is 95.1 Å². The van der Waals surface area contributed by atoms with E-state index in [4.69, 9.17) is 5.73 Å². The van der Waals surface area contributed by atoms with Gasteiger partial charge in [0.1, 0.15) is 12.4 Å². The van der Waals surface area contributed by atoms with Gasteiger partial charge < -0.3 is 16.2 Å². The van der Waals surface area contributed by atoms with Crippen molar-refractivity contribution >= 4 is 11.8 Å². The number of nitrogens with zero attached hydrogens (tertiary/aromatic N) is 2. The average molecular weight is 238 g/mol. The van der Waals surface area contributed by atoms with E-state index in [0.29, 0.717) is 5.82 Å². The number of primary amides is 1. The quantitative estimate of drug-likeness (QED) is 0.529. The fraction of sp³-hybridized carbons (Fsp3) is 0.333. The summed E-state index contributed by atoms with van der Waals surface area (Å²) >= 11 is 0. The van der Waals surface area contributed by atoms with Gasteiger partial charge in [0.05, 0.1) is 18.7 Å². The molecule has 0 saturated carbocycles. The van der Waals surface area contributed by atoms with Crippen LogP contribution >= 0.6 is 0 Å². The van der Waals surface area contributed by atoms with Crippen LogP contribution in [0.15, 0.2) is 4.79 Å². The number of carbonyl (C=O) groups excluding carboxylic acids is 2. The highest BCUT2D eigenvalue weighted by molar-refractivity contribution is 5.77. The van der Waals surface area contributed by atoms with Crippen LogP contribution in [0.2, 0.25) is 0 Å². The van der Waals surface area contributed by atoms with Crippen LogP contribution in [0.1, 0.15) is 11.5 Å².